The Balaban J connectivity index is 2.13. The van der Waals surface area contributed by atoms with Gasteiger partial charge in [0.2, 0.25) is 0 Å². The Kier molecular flexibility index (Phi) is 4.77. The minimum absolute atomic E-state index is 0.0683. The minimum atomic E-state index is -4.19. The van der Waals surface area contributed by atoms with E-state index in [4.69, 9.17) is 32.1 Å². The molecule has 0 aliphatic carbocycles. The highest BCUT2D eigenvalue weighted by molar-refractivity contribution is 7.87. The molecule has 2 aromatic carbocycles. The summed E-state index contributed by atoms with van der Waals surface area (Å²) in [5, 5.41) is 1.33. The molecule has 130 valence electrons. The zero-order valence-electron chi connectivity index (χ0n) is 13.3. The number of fused-ring (bicyclic) bond motifs is 1. The third-order valence-corrected chi connectivity index (χ3v) is 5.59. The van der Waals surface area contributed by atoms with Gasteiger partial charge in [-0.3, -0.25) is 4.98 Å². The Hall–Kier alpha value is -2.02. The summed E-state index contributed by atoms with van der Waals surface area (Å²) in [4.78, 5) is 4.00. The van der Waals surface area contributed by atoms with Gasteiger partial charge in [0.25, 0.3) is 0 Å². The largest absolute Gasteiger partial charge is 0.495 e. The van der Waals surface area contributed by atoms with Crippen LogP contribution in [0.1, 0.15) is 5.56 Å². The van der Waals surface area contributed by atoms with E-state index in [1.165, 1.54) is 31.5 Å². The van der Waals surface area contributed by atoms with Crippen LogP contribution in [-0.4, -0.2) is 20.5 Å². The fourth-order valence-electron chi connectivity index (χ4n) is 2.33. The van der Waals surface area contributed by atoms with Crippen LogP contribution in [-0.2, 0) is 10.1 Å². The van der Waals surface area contributed by atoms with E-state index < -0.39 is 10.1 Å². The van der Waals surface area contributed by atoms with Crippen LogP contribution in [0.2, 0.25) is 10.0 Å². The SMILES string of the molecule is COc1cc(C)c(Cl)cc1S(=O)(=O)Oc1ccc(Cl)c2cccnc12. The molecule has 3 rings (SSSR count). The fraction of sp³-hybridized carbons (Fsp3) is 0.118. The molecular formula is C17H13Cl2NO4S. The number of hydrogen-bond acceptors (Lipinski definition) is 5. The Morgan fingerprint density at radius 1 is 1.04 bits per heavy atom. The number of aryl methyl sites for hydroxylation is 1. The van der Waals surface area contributed by atoms with Gasteiger partial charge in [0.05, 0.1) is 12.1 Å². The van der Waals surface area contributed by atoms with Gasteiger partial charge < -0.3 is 8.92 Å². The van der Waals surface area contributed by atoms with Gasteiger partial charge in [0, 0.05) is 16.6 Å². The van der Waals surface area contributed by atoms with Gasteiger partial charge in [-0.2, -0.15) is 8.42 Å². The molecule has 1 aromatic heterocycles. The molecule has 0 unspecified atom stereocenters. The summed E-state index contributed by atoms with van der Waals surface area (Å²) in [5.41, 5.74) is 1.03. The van der Waals surface area contributed by atoms with Crippen LogP contribution in [0, 0.1) is 6.92 Å². The predicted octanol–water partition coefficient (Wildman–Crippen LogP) is 4.63. The van der Waals surface area contributed by atoms with Gasteiger partial charge in [0.15, 0.2) is 5.75 Å². The van der Waals surface area contributed by atoms with Crippen LogP contribution in [0.4, 0.5) is 0 Å². The van der Waals surface area contributed by atoms with Crippen LogP contribution in [0.25, 0.3) is 10.9 Å². The molecule has 0 spiro atoms. The molecule has 1 heterocycles. The van der Waals surface area contributed by atoms with E-state index in [0.717, 1.165) is 0 Å². The molecule has 0 aliphatic rings. The molecule has 0 saturated heterocycles. The Bertz CT molecular complexity index is 1070. The standard InChI is InChI=1S/C17H13Cl2NO4S/c1-10-8-15(23-2)16(9-13(10)19)25(21,22)24-14-6-5-12(18)11-4-3-7-20-17(11)14/h3-9H,1-2H3. The minimum Gasteiger partial charge on any atom is -0.495 e. The average Bonchev–Trinajstić information content (AvgIpc) is 2.59. The van der Waals surface area contributed by atoms with E-state index in [1.807, 2.05) is 0 Å². The lowest BCUT2D eigenvalue weighted by Gasteiger charge is -2.13. The number of nitrogens with zero attached hydrogens (tertiary/aromatic N) is 1. The summed E-state index contributed by atoms with van der Waals surface area (Å²) in [6.45, 7) is 1.75. The quantitative estimate of drug-likeness (QED) is 0.600. The molecule has 0 saturated carbocycles. The lowest BCUT2D eigenvalue weighted by atomic mass is 10.2. The third kappa shape index (κ3) is 3.38. The lowest BCUT2D eigenvalue weighted by Crippen LogP contribution is -2.12. The second kappa shape index (κ2) is 6.71. The van der Waals surface area contributed by atoms with Crippen LogP contribution in [0.3, 0.4) is 0 Å². The number of methoxy groups -OCH3 is 1. The van der Waals surface area contributed by atoms with Crippen molar-refractivity contribution in [1.29, 1.82) is 0 Å². The van der Waals surface area contributed by atoms with Gasteiger partial charge >= 0.3 is 10.1 Å². The maximum Gasteiger partial charge on any atom is 0.343 e. The van der Waals surface area contributed by atoms with Gasteiger partial charge in [-0.05, 0) is 48.9 Å². The van der Waals surface area contributed by atoms with Crippen molar-refractivity contribution in [3.05, 3.63) is 58.2 Å². The van der Waals surface area contributed by atoms with Gasteiger partial charge in [-0.15, -0.1) is 0 Å². The van der Waals surface area contributed by atoms with Crippen molar-refractivity contribution in [3.63, 3.8) is 0 Å². The lowest BCUT2D eigenvalue weighted by molar-refractivity contribution is 0.398. The second-order valence-electron chi connectivity index (χ2n) is 5.23. The van der Waals surface area contributed by atoms with Gasteiger partial charge in [-0.25, -0.2) is 0 Å². The molecule has 0 radical (unpaired) electrons. The van der Waals surface area contributed by atoms with E-state index in [0.29, 0.717) is 26.5 Å². The van der Waals surface area contributed by atoms with E-state index in [1.54, 1.807) is 25.1 Å². The number of halogens is 2. The summed E-state index contributed by atoms with van der Waals surface area (Å²) in [6.07, 6.45) is 1.53. The van der Waals surface area contributed by atoms with Crippen molar-refractivity contribution >= 4 is 44.2 Å². The summed E-state index contributed by atoms with van der Waals surface area (Å²) < 4.78 is 36.0. The highest BCUT2D eigenvalue weighted by Gasteiger charge is 2.24. The highest BCUT2D eigenvalue weighted by atomic mass is 35.5. The molecule has 0 fully saturated rings. The van der Waals surface area contributed by atoms with Gasteiger partial charge in [0.1, 0.15) is 16.2 Å². The summed E-state index contributed by atoms with van der Waals surface area (Å²) >= 11 is 12.2. The molecule has 3 aromatic rings. The van der Waals surface area contributed by atoms with E-state index in [-0.39, 0.29) is 16.4 Å². The molecule has 0 aliphatic heterocycles. The van der Waals surface area contributed by atoms with Crippen LogP contribution in [0.15, 0.2) is 47.5 Å². The average molecular weight is 398 g/mol. The molecule has 5 nitrogen and oxygen atoms in total. The number of ether oxygens (including phenoxy) is 1. The first-order chi connectivity index (χ1) is 11.8. The van der Waals surface area contributed by atoms with Crippen molar-refractivity contribution in [3.8, 4) is 11.5 Å². The van der Waals surface area contributed by atoms with Crippen molar-refractivity contribution < 1.29 is 17.3 Å². The molecule has 0 amide bonds. The maximum atomic E-state index is 12.8. The monoisotopic (exact) mass is 397 g/mol. The van der Waals surface area contributed by atoms with Crippen LogP contribution in [0.5, 0.6) is 11.5 Å². The number of benzene rings is 2. The van der Waals surface area contributed by atoms with Crippen molar-refractivity contribution in [2.45, 2.75) is 11.8 Å². The Morgan fingerprint density at radius 2 is 1.80 bits per heavy atom. The van der Waals surface area contributed by atoms with Crippen molar-refractivity contribution in [2.75, 3.05) is 7.11 Å². The molecule has 0 bridgehead atoms. The summed E-state index contributed by atoms with van der Waals surface area (Å²) in [5.74, 6) is 0.215. The topological polar surface area (TPSA) is 65.5 Å². The van der Waals surface area contributed by atoms with Crippen molar-refractivity contribution in [2.24, 2.45) is 0 Å². The predicted molar refractivity (Wildman–Crippen MR) is 97.3 cm³/mol. The van der Waals surface area contributed by atoms with E-state index in [9.17, 15) is 8.42 Å². The normalized spacial score (nSPS) is 11.5. The second-order valence-corrected chi connectivity index (χ2v) is 7.56. The summed E-state index contributed by atoms with van der Waals surface area (Å²) in [6, 6.07) is 9.28. The first-order valence-electron chi connectivity index (χ1n) is 7.15. The Morgan fingerprint density at radius 3 is 2.52 bits per heavy atom. The highest BCUT2D eigenvalue weighted by Crippen LogP contribution is 2.35. The number of pyridine rings is 1. The Labute approximate surface area is 155 Å². The fourth-order valence-corrected chi connectivity index (χ4v) is 3.89. The van der Waals surface area contributed by atoms with Crippen LogP contribution < -0.4 is 8.92 Å². The maximum absolute atomic E-state index is 12.8. The zero-order chi connectivity index (χ0) is 18.2. The molecule has 0 N–H and O–H groups in total. The van der Waals surface area contributed by atoms with E-state index in [2.05, 4.69) is 4.98 Å². The number of aromatic nitrogens is 1. The molecule has 8 heteroatoms. The number of rotatable bonds is 4. The molecular weight excluding hydrogens is 385 g/mol. The summed E-state index contributed by atoms with van der Waals surface area (Å²) in [7, 11) is -2.82. The first-order valence-corrected chi connectivity index (χ1v) is 9.32. The van der Waals surface area contributed by atoms with Crippen LogP contribution >= 0.6 is 23.2 Å². The first kappa shape index (κ1) is 17.8. The third-order valence-electron chi connectivity index (χ3n) is 3.59. The van der Waals surface area contributed by atoms with Crippen molar-refractivity contribution in [1.82, 2.24) is 4.98 Å². The van der Waals surface area contributed by atoms with E-state index >= 15 is 0 Å². The van der Waals surface area contributed by atoms with Gasteiger partial charge in [-0.1, -0.05) is 23.2 Å². The zero-order valence-corrected chi connectivity index (χ0v) is 15.6. The molecule has 0 atom stereocenters. The smallest absolute Gasteiger partial charge is 0.343 e. The molecule has 25 heavy (non-hydrogen) atoms. The number of hydrogen-bond donors (Lipinski definition) is 0.